The number of benzene rings is 1. The average Bonchev–Trinajstić information content (AvgIpc) is 2.08. The molecule has 0 aliphatic carbocycles. The van der Waals surface area contributed by atoms with Crippen LogP contribution in [0.25, 0.3) is 0 Å². The molecule has 1 atom stereocenters. The highest BCUT2D eigenvalue weighted by Crippen LogP contribution is 2.19. The van der Waals surface area contributed by atoms with Gasteiger partial charge >= 0.3 is 0 Å². The highest BCUT2D eigenvalue weighted by molar-refractivity contribution is 5.85. The first-order valence-electron chi connectivity index (χ1n) is 3.82. The number of hydrogen-bond donors (Lipinski definition) is 1. The predicted octanol–water partition coefficient (Wildman–Crippen LogP) is 2.82. The number of alkyl halides is 2. The van der Waals surface area contributed by atoms with Crippen molar-refractivity contribution in [1.29, 1.82) is 0 Å². The van der Waals surface area contributed by atoms with Crippen molar-refractivity contribution >= 4 is 12.4 Å². The number of halogens is 4. The van der Waals surface area contributed by atoms with Crippen molar-refractivity contribution < 1.29 is 13.2 Å². The lowest BCUT2D eigenvalue weighted by Gasteiger charge is -2.11. The summed E-state index contributed by atoms with van der Waals surface area (Å²) in [4.78, 5) is 0. The van der Waals surface area contributed by atoms with Crippen LogP contribution >= 0.6 is 12.4 Å². The van der Waals surface area contributed by atoms with Gasteiger partial charge in [0.2, 0.25) is 0 Å². The Balaban J connectivity index is 0.00000169. The van der Waals surface area contributed by atoms with Crippen molar-refractivity contribution in [2.75, 3.05) is 0 Å². The number of rotatable bonds is 2. The fourth-order valence-electron chi connectivity index (χ4n) is 1.02. The summed E-state index contributed by atoms with van der Waals surface area (Å²) in [6.45, 7) is 1.51. The van der Waals surface area contributed by atoms with E-state index in [4.69, 9.17) is 5.73 Å². The molecule has 0 aliphatic rings. The molecule has 80 valence electrons. The maximum Gasteiger partial charge on any atom is 0.257 e. The molecule has 2 N–H and O–H groups in total. The van der Waals surface area contributed by atoms with Gasteiger partial charge in [-0.15, -0.1) is 12.4 Å². The fraction of sp³-hybridized carbons (Fsp3) is 0.333. The lowest BCUT2D eigenvalue weighted by Crippen LogP contribution is -2.19. The molecule has 0 saturated carbocycles. The lowest BCUT2D eigenvalue weighted by atomic mass is 10.1. The summed E-state index contributed by atoms with van der Waals surface area (Å²) in [5.41, 5.74) is 5.77. The summed E-state index contributed by atoms with van der Waals surface area (Å²) >= 11 is 0. The third-order valence-corrected chi connectivity index (χ3v) is 1.84. The molecule has 0 spiro atoms. The summed E-state index contributed by atoms with van der Waals surface area (Å²) in [6, 6.07) is 2.43. The SMILES string of the molecule is Cc1cc([C@H](N)C(F)F)ccc1F.Cl. The molecule has 0 saturated heterocycles. The molecule has 0 amide bonds. The van der Waals surface area contributed by atoms with E-state index in [1.165, 1.54) is 19.1 Å². The van der Waals surface area contributed by atoms with Crippen molar-refractivity contribution in [3.05, 3.63) is 35.1 Å². The number of hydrogen-bond acceptors (Lipinski definition) is 1. The Kier molecular flexibility index (Phi) is 4.94. The Labute approximate surface area is 86.5 Å². The topological polar surface area (TPSA) is 26.0 Å². The molecule has 1 aromatic rings. The zero-order valence-electron chi connectivity index (χ0n) is 7.51. The van der Waals surface area contributed by atoms with E-state index in [0.717, 1.165) is 6.07 Å². The van der Waals surface area contributed by atoms with Crippen LogP contribution in [0.3, 0.4) is 0 Å². The van der Waals surface area contributed by atoms with Gasteiger partial charge in [-0.25, -0.2) is 13.2 Å². The Morgan fingerprint density at radius 2 is 1.86 bits per heavy atom. The molecular weight excluding hydrogens is 215 g/mol. The zero-order valence-corrected chi connectivity index (χ0v) is 8.32. The molecule has 0 unspecified atom stereocenters. The second kappa shape index (κ2) is 5.22. The second-order valence-electron chi connectivity index (χ2n) is 2.87. The zero-order chi connectivity index (χ0) is 10.0. The molecule has 14 heavy (non-hydrogen) atoms. The van der Waals surface area contributed by atoms with Crippen LogP contribution in [-0.4, -0.2) is 6.43 Å². The van der Waals surface area contributed by atoms with E-state index >= 15 is 0 Å². The quantitative estimate of drug-likeness (QED) is 0.823. The van der Waals surface area contributed by atoms with Gasteiger partial charge < -0.3 is 5.73 Å². The Morgan fingerprint density at radius 1 is 1.29 bits per heavy atom. The van der Waals surface area contributed by atoms with Crippen molar-refractivity contribution in [3.63, 3.8) is 0 Å². The van der Waals surface area contributed by atoms with Gasteiger partial charge in [-0.2, -0.15) is 0 Å². The maximum atomic E-state index is 12.7. The van der Waals surface area contributed by atoms with E-state index in [0.29, 0.717) is 5.56 Å². The summed E-state index contributed by atoms with van der Waals surface area (Å²) < 4.78 is 37.0. The van der Waals surface area contributed by atoms with Crippen molar-refractivity contribution in [3.8, 4) is 0 Å². The van der Waals surface area contributed by atoms with Crippen molar-refractivity contribution in [1.82, 2.24) is 0 Å². The van der Waals surface area contributed by atoms with Crippen LogP contribution in [0.4, 0.5) is 13.2 Å². The van der Waals surface area contributed by atoms with Crippen LogP contribution in [0, 0.1) is 12.7 Å². The van der Waals surface area contributed by atoms with Gasteiger partial charge in [-0.05, 0) is 24.1 Å². The highest BCUT2D eigenvalue weighted by Gasteiger charge is 2.17. The normalized spacial score (nSPS) is 12.4. The molecule has 5 heteroatoms. The summed E-state index contributed by atoms with van der Waals surface area (Å²) in [6.07, 6.45) is -2.62. The van der Waals surface area contributed by atoms with E-state index in [-0.39, 0.29) is 18.0 Å². The average molecular weight is 226 g/mol. The van der Waals surface area contributed by atoms with Gasteiger partial charge in [0.05, 0.1) is 6.04 Å². The fourth-order valence-corrected chi connectivity index (χ4v) is 1.02. The Bertz CT molecular complexity index is 304. The molecule has 0 fully saturated rings. The van der Waals surface area contributed by atoms with E-state index in [1.54, 1.807) is 0 Å². The van der Waals surface area contributed by atoms with E-state index in [1.807, 2.05) is 0 Å². The Morgan fingerprint density at radius 3 is 2.29 bits per heavy atom. The van der Waals surface area contributed by atoms with Gasteiger partial charge in [-0.1, -0.05) is 12.1 Å². The molecule has 1 aromatic carbocycles. The molecule has 1 rings (SSSR count). The first-order chi connectivity index (χ1) is 6.02. The minimum atomic E-state index is -2.62. The van der Waals surface area contributed by atoms with Gasteiger partial charge in [0, 0.05) is 0 Å². The van der Waals surface area contributed by atoms with Crippen molar-refractivity contribution in [2.24, 2.45) is 5.73 Å². The van der Waals surface area contributed by atoms with Crippen molar-refractivity contribution in [2.45, 2.75) is 19.4 Å². The molecule has 0 radical (unpaired) electrons. The smallest absolute Gasteiger partial charge is 0.257 e. The van der Waals surface area contributed by atoms with Gasteiger partial charge in [0.1, 0.15) is 5.82 Å². The van der Waals surface area contributed by atoms with Crippen LogP contribution in [0.1, 0.15) is 17.2 Å². The summed E-state index contributed by atoms with van der Waals surface area (Å²) in [5.74, 6) is -0.412. The van der Waals surface area contributed by atoms with E-state index in [9.17, 15) is 13.2 Å². The van der Waals surface area contributed by atoms with Crippen LogP contribution in [0.2, 0.25) is 0 Å². The minimum Gasteiger partial charge on any atom is -0.319 e. The monoisotopic (exact) mass is 225 g/mol. The molecule has 0 bridgehead atoms. The van der Waals surface area contributed by atoms with Gasteiger partial charge in [0.15, 0.2) is 0 Å². The van der Waals surface area contributed by atoms with Gasteiger partial charge in [-0.3, -0.25) is 0 Å². The molecule has 0 heterocycles. The first-order valence-corrected chi connectivity index (χ1v) is 3.82. The maximum absolute atomic E-state index is 12.7. The molecular formula is C9H11ClF3N. The molecule has 0 aliphatic heterocycles. The number of aryl methyl sites for hydroxylation is 1. The van der Waals surface area contributed by atoms with E-state index in [2.05, 4.69) is 0 Å². The second-order valence-corrected chi connectivity index (χ2v) is 2.87. The number of nitrogens with two attached hydrogens (primary N) is 1. The third kappa shape index (κ3) is 2.89. The molecule has 1 nitrogen and oxygen atoms in total. The first kappa shape index (κ1) is 13.3. The minimum absolute atomic E-state index is 0. The standard InChI is InChI=1S/C9H10F3N.ClH/c1-5-4-6(2-3-7(5)10)8(13)9(11)12;/h2-4,8-9H,13H2,1H3;1H/t8-;/m0./s1. The van der Waals surface area contributed by atoms with Crippen LogP contribution in [-0.2, 0) is 0 Å². The highest BCUT2D eigenvalue weighted by atomic mass is 35.5. The predicted molar refractivity (Wildman–Crippen MR) is 51.3 cm³/mol. The summed E-state index contributed by atoms with van der Waals surface area (Å²) in [7, 11) is 0. The molecule has 0 aromatic heterocycles. The van der Waals surface area contributed by atoms with Crippen LogP contribution in [0.15, 0.2) is 18.2 Å². The van der Waals surface area contributed by atoms with Crippen LogP contribution < -0.4 is 5.73 Å². The Hall–Kier alpha value is -0.740. The largest absolute Gasteiger partial charge is 0.319 e. The van der Waals surface area contributed by atoms with Gasteiger partial charge in [0.25, 0.3) is 6.43 Å². The van der Waals surface area contributed by atoms with Crippen LogP contribution in [0.5, 0.6) is 0 Å². The van der Waals surface area contributed by atoms with E-state index < -0.39 is 18.3 Å². The third-order valence-electron chi connectivity index (χ3n) is 1.84. The lowest BCUT2D eigenvalue weighted by molar-refractivity contribution is 0.116. The summed E-state index contributed by atoms with van der Waals surface area (Å²) in [5, 5.41) is 0.